The summed E-state index contributed by atoms with van der Waals surface area (Å²) in [6, 6.07) is 0. The third-order valence-electron chi connectivity index (χ3n) is 3.44. The number of carbonyl (C=O) groups is 3. The first-order valence-corrected chi connectivity index (χ1v) is 8.53. The topological polar surface area (TPSA) is 60.4 Å². The number of rotatable bonds is 14. The summed E-state index contributed by atoms with van der Waals surface area (Å²) >= 11 is 0. The molecule has 4 nitrogen and oxygen atoms in total. The van der Waals surface area contributed by atoms with Crippen molar-refractivity contribution in [3.05, 3.63) is 12.2 Å². The summed E-state index contributed by atoms with van der Waals surface area (Å²) in [5.74, 6) is -1.64. The van der Waals surface area contributed by atoms with Crippen LogP contribution in [0.5, 0.6) is 0 Å². The van der Waals surface area contributed by atoms with Gasteiger partial charge in [-0.3, -0.25) is 9.59 Å². The summed E-state index contributed by atoms with van der Waals surface area (Å²) < 4.78 is 4.64. The predicted octanol–water partition coefficient (Wildman–Crippen LogP) is 4.16. The highest BCUT2D eigenvalue weighted by Crippen LogP contribution is 2.10. The van der Waals surface area contributed by atoms with Gasteiger partial charge in [0.15, 0.2) is 0 Å². The minimum atomic E-state index is -0.618. The van der Waals surface area contributed by atoms with E-state index < -0.39 is 17.5 Å². The number of hydrogen-bond acceptors (Lipinski definition) is 4. The second-order valence-electron chi connectivity index (χ2n) is 5.45. The number of allylic oxidation sites excluding steroid dienone is 1. The Morgan fingerprint density at radius 3 is 1.86 bits per heavy atom. The first-order valence-electron chi connectivity index (χ1n) is 8.53. The van der Waals surface area contributed by atoms with Crippen molar-refractivity contribution in [1.82, 2.24) is 0 Å². The van der Waals surface area contributed by atoms with Crippen molar-refractivity contribution in [3.8, 4) is 0 Å². The largest absolute Gasteiger partial charge is 0.463 e. The fourth-order valence-electron chi connectivity index (χ4n) is 2.15. The maximum atomic E-state index is 11.6. The first kappa shape index (κ1) is 20.6. The molecule has 0 atom stereocenters. The van der Waals surface area contributed by atoms with Gasteiger partial charge in [-0.1, -0.05) is 58.3 Å². The lowest BCUT2D eigenvalue weighted by atomic mass is 10.0. The third-order valence-corrected chi connectivity index (χ3v) is 3.44. The highest BCUT2D eigenvalue weighted by Gasteiger charge is 2.10. The summed E-state index contributed by atoms with van der Waals surface area (Å²) in [4.78, 5) is 34.1. The molecule has 0 bridgehead atoms. The maximum Gasteiger partial charge on any atom is 0.330 e. The second-order valence-corrected chi connectivity index (χ2v) is 5.45. The van der Waals surface area contributed by atoms with Crippen molar-refractivity contribution in [2.24, 2.45) is 0 Å². The van der Waals surface area contributed by atoms with E-state index in [2.05, 4.69) is 11.7 Å². The van der Waals surface area contributed by atoms with Gasteiger partial charge in [0.25, 0.3) is 0 Å². The molecule has 0 aliphatic heterocycles. The Kier molecular flexibility index (Phi) is 13.5. The summed E-state index contributed by atoms with van der Waals surface area (Å²) in [6.45, 7) is 4.15. The van der Waals surface area contributed by atoms with Gasteiger partial charge in [-0.25, -0.2) is 4.79 Å². The zero-order chi connectivity index (χ0) is 16.6. The van der Waals surface area contributed by atoms with E-state index in [1.54, 1.807) is 6.92 Å². The van der Waals surface area contributed by atoms with Gasteiger partial charge in [0.05, 0.1) is 6.61 Å². The molecule has 0 heterocycles. The molecule has 0 unspecified atom stereocenters. The molecule has 0 aromatic heterocycles. The van der Waals surface area contributed by atoms with Crippen molar-refractivity contribution in [1.29, 1.82) is 0 Å². The minimum absolute atomic E-state index is 0.254. The maximum absolute atomic E-state index is 11.6. The fourth-order valence-corrected chi connectivity index (χ4v) is 2.15. The van der Waals surface area contributed by atoms with Crippen LogP contribution < -0.4 is 0 Å². The lowest BCUT2D eigenvalue weighted by Gasteiger charge is -2.01. The molecule has 0 aliphatic rings. The summed E-state index contributed by atoms with van der Waals surface area (Å²) in [5.41, 5.74) is 0. The summed E-state index contributed by atoms with van der Waals surface area (Å²) in [5, 5.41) is 0. The van der Waals surface area contributed by atoms with Gasteiger partial charge in [-0.05, 0) is 19.4 Å². The van der Waals surface area contributed by atoms with Gasteiger partial charge >= 0.3 is 5.97 Å². The number of carbonyl (C=O) groups excluding carboxylic acids is 3. The van der Waals surface area contributed by atoms with Crippen LogP contribution in [0, 0.1) is 0 Å². The summed E-state index contributed by atoms with van der Waals surface area (Å²) in [6.07, 6.45) is 12.8. The quantitative estimate of drug-likeness (QED) is 0.209. The van der Waals surface area contributed by atoms with Crippen molar-refractivity contribution < 1.29 is 19.1 Å². The van der Waals surface area contributed by atoms with Gasteiger partial charge in [-0.2, -0.15) is 0 Å². The Labute approximate surface area is 134 Å². The molecule has 0 rings (SSSR count). The van der Waals surface area contributed by atoms with Gasteiger partial charge in [0, 0.05) is 12.5 Å². The highest BCUT2D eigenvalue weighted by atomic mass is 16.5. The normalized spacial score (nSPS) is 10.8. The van der Waals surface area contributed by atoms with Gasteiger partial charge in [0.1, 0.15) is 0 Å². The molecule has 0 radical (unpaired) electrons. The number of hydrogen-bond donors (Lipinski definition) is 0. The number of esters is 1. The number of ether oxygens (including phenoxy) is 1. The van der Waals surface area contributed by atoms with E-state index >= 15 is 0 Å². The first-order chi connectivity index (χ1) is 10.6. The van der Waals surface area contributed by atoms with Crippen molar-refractivity contribution in [3.63, 3.8) is 0 Å². The van der Waals surface area contributed by atoms with Gasteiger partial charge in [-0.15, -0.1) is 0 Å². The Balaban J connectivity index is 3.60. The van der Waals surface area contributed by atoms with Gasteiger partial charge < -0.3 is 4.74 Å². The van der Waals surface area contributed by atoms with Crippen LogP contribution in [0.4, 0.5) is 0 Å². The van der Waals surface area contributed by atoms with Crippen LogP contribution in [0.25, 0.3) is 0 Å². The molecular weight excluding hydrogens is 280 g/mol. The van der Waals surface area contributed by atoms with Crippen LogP contribution in [0.1, 0.15) is 78.1 Å². The lowest BCUT2D eigenvalue weighted by molar-refractivity contribution is -0.137. The standard InChI is InChI=1S/C18H30O4/c1-3-5-6-7-8-9-10-11-12-13-16(19)17(20)14-15-18(21)22-4-2/h14-15H,3-13H2,1-2H3/b15-14+. The molecule has 22 heavy (non-hydrogen) atoms. The molecule has 0 saturated carbocycles. The van der Waals surface area contributed by atoms with Crippen LogP contribution >= 0.6 is 0 Å². The fraction of sp³-hybridized carbons (Fsp3) is 0.722. The second kappa shape index (κ2) is 14.5. The molecule has 0 aliphatic carbocycles. The van der Waals surface area contributed by atoms with Crippen LogP contribution in [0.2, 0.25) is 0 Å². The van der Waals surface area contributed by atoms with Crippen molar-refractivity contribution in [2.45, 2.75) is 78.1 Å². The monoisotopic (exact) mass is 310 g/mol. The van der Waals surface area contributed by atoms with Crippen LogP contribution in [-0.2, 0) is 19.1 Å². The third kappa shape index (κ3) is 12.3. The zero-order valence-electron chi connectivity index (χ0n) is 14.1. The molecule has 0 spiro atoms. The number of ketones is 2. The molecule has 0 fully saturated rings. The molecule has 4 heteroatoms. The smallest absolute Gasteiger partial charge is 0.330 e. The molecular formula is C18H30O4. The minimum Gasteiger partial charge on any atom is -0.463 e. The molecule has 0 saturated heterocycles. The van der Waals surface area contributed by atoms with E-state index in [0.717, 1.165) is 31.4 Å². The SMILES string of the molecule is CCCCCCCCCCCC(=O)C(=O)/C=C/C(=O)OCC. The number of unbranched alkanes of at least 4 members (excludes halogenated alkanes) is 8. The average molecular weight is 310 g/mol. The van der Waals surface area contributed by atoms with Crippen LogP contribution in [-0.4, -0.2) is 24.1 Å². The highest BCUT2D eigenvalue weighted by molar-refractivity contribution is 6.41. The van der Waals surface area contributed by atoms with Crippen LogP contribution in [0.3, 0.4) is 0 Å². The van der Waals surface area contributed by atoms with E-state index in [0.29, 0.717) is 0 Å². The number of Topliss-reactive ketones (excluding diaryl/α,β-unsaturated/α-hetero) is 1. The Morgan fingerprint density at radius 2 is 1.32 bits per heavy atom. The average Bonchev–Trinajstić information content (AvgIpc) is 2.51. The van der Waals surface area contributed by atoms with E-state index in [-0.39, 0.29) is 13.0 Å². The van der Waals surface area contributed by atoms with Gasteiger partial charge in [0.2, 0.25) is 11.6 Å². The molecule has 0 N–H and O–H groups in total. The van der Waals surface area contributed by atoms with E-state index in [1.165, 1.54) is 38.5 Å². The molecule has 0 aromatic rings. The molecule has 0 aromatic carbocycles. The molecule has 126 valence electrons. The van der Waals surface area contributed by atoms with Crippen molar-refractivity contribution >= 4 is 17.5 Å². The predicted molar refractivity (Wildman–Crippen MR) is 87.6 cm³/mol. The zero-order valence-corrected chi connectivity index (χ0v) is 14.1. The van der Waals surface area contributed by atoms with E-state index in [9.17, 15) is 14.4 Å². The summed E-state index contributed by atoms with van der Waals surface area (Å²) in [7, 11) is 0. The van der Waals surface area contributed by atoms with E-state index in [1.807, 2.05) is 0 Å². The molecule has 0 amide bonds. The van der Waals surface area contributed by atoms with Crippen molar-refractivity contribution in [2.75, 3.05) is 6.61 Å². The van der Waals surface area contributed by atoms with Crippen LogP contribution in [0.15, 0.2) is 12.2 Å². The Bertz CT molecular complexity index is 358. The Hall–Kier alpha value is -1.45. The Morgan fingerprint density at radius 1 is 0.773 bits per heavy atom. The lowest BCUT2D eigenvalue weighted by Crippen LogP contribution is -2.11. The van der Waals surface area contributed by atoms with E-state index in [4.69, 9.17) is 0 Å².